The number of hydrogen-bond acceptors (Lipinski definition) is 11. The van der Waals surface area contributed by atoms with Crippen molar-refractivity contribution in [3.05, 3.63) is 53.8 Å². The molecule has 1 aromatic rings. The minimum atomic E-state index is -1.71. The van der Waals surface area contributed by atoms with Crippen LogP contribution in [0.25, 0.3) is 6.08 Å². The second-order valence-corrected chi connectivity index (χ2v) is 8.99. The number of carbonyl (C=O) groups is 3. The molecule has 200 valence electrons. The van der Waals surface area contributed by atoms with Crippen molar-refractivity contribution in [3.63, 3.8) is 0 Å². The zero-order valence-electron chi connectivity index (χ0n) is 19.8. The van der Waals surface area contributed by atoms with Crippen LogP contribution in [0.15, 0.2) is 48.2 Å². The van der Waals surface area contributed by atoms with Gasteiger partial charge in [0.15, 0.2) is 6.29 Å². The largest absolute Gasteiger partial charge is 0.478 e. The van der Waals surface area contributed by atoms with Crippen LogP contribution >= 0.6 is 0 Å². The molecule has 3 heterocycles. The molecule has 0 amide bonds. The monoisotopic (exact) mass is 520 g/mol. The lowest BCUT2D eigenvalue weighted by atomic mass is 9.77. The molecule has 1 aromatic carbocycles. The Balaban J connectivity index is 1.42. The van der Waals surface area contributed by atoms with Crippen molar-refractivity contribution in [2.75, 3.05) is 6.61 Å². The van der Waals surface area contributed by atoms with Crippen LogP contribution in [-0.4, -0.2) is 88.0 Å². The lowest BCUT2D eigenvalue weighted by Gasteiger charge is -2.45. The fourth-order valence-electron chi connectivity index (χ4n) is 4.59. The lowest BCUT2D eigenvalue weighted by Crippen LogP contribution is -2.61. The van der Waals surface area contributed by atoms with Crippen LogP contribution in [0.2, 0.25) is 0 Å². The van der Waals surface area contributed by atoms with E-state index in [1.165, 1.54) is 6.08 Å². The summed E-state index contributed by atoms with van der Waals surface area (Å²) in [5.74, 6) is -4.09. The molecule has 3 aliphatic heterocycles. The molecular weight excluding hydrogens is 492 g/mol. The maximum Gasteiger partial charge on any atom is 0.335 e. The number of aliphatic hydroxyl groups is 3. The number of carboxylic acid groups (broad SMARTS) is 1. The molecule has 4 N–H and O–H groups in total. The quantitative estimate of drug-likeness (QED) is 0.279. The third-order valence-electron chi connectivity index (χ3n) is 6.54. The van der Waals surface area contributed by atoms with Crippen LogP contribution in [0.5, 0.6) is 0 Å². The Morgan fingerprint density at radius 1 is 1.08 bits per heavy atom. The van der Waals surface area contributed by atoms with Crippen LogP contribution in [0.4, 0.5) is 0 Å². The number of aliphatic carboxylic acids is 1. The topological polar surface area (TPSA) is 178 Å². The SMILES string of the molecule is C[C@H]1OC(=O)CC2C(C(=O)O)=CO[C@@H](O[C@@H]3O[C@H](COC(=O)/C=C/c4ccccc4)[C@@H](O)[C@H](O)[C@H]3O)C21. The first-order valence-corrected chi connectivity index (χ1v) is 11.7. The van der Waals surface area contributed by atoms with Gasteiger partial charge in [-0.2, -0.15) is 0 Å². The van der Waals surface area contributed by atoms with Gasteiger partial charge < -0.3 is 44.1 Å². The van der Waals surface area contributed by atoms with E-state index in [9.17, 15) is 34.8 Å². The number of esters is 2. The Morgan fingerprint density at radius 2 is 1.81 bits per heavy atom. The average Bonchev–Trinajstić information content (AvgIpc) is 2.87. The summed E-state index contributed by atoms with van der Waals surface area (Å²) in [5, 5.41) is 40.6. The van der Waals surface area contributed by atoms with Crippen molar-refractivity contribution >= 4 is 24.0 Å². The molecule has 0 aliphatic carbocycles. The Kier molecular flexibility index (Phi) is 8.25. The molecule has 2 saturated heterocycles. The van der Waals surface area contributed by atoms with E-state index in [0.717, 1.165) is 11.8 Å². The van der Waals surface area contributed by atoms with Gasteiger partial charge in [0.25, 0.3) is 0 Å². The third-order valence-corrected chi connectivity index (χ3v) is 6.54. The van der Waals surface area contributed by atoms with Gasteiger partial charge >= 0.3 is 17.9 Å². The van der Waals surface area contributed by atoms with Crippen molar-refractivity contribution in [3.8, 4) is 0 Å². The second-order valence-electron chi connectivity index (χ2n) is 8.99. The van der Waals surface area contributed by atoms with Crippen molar-refractivity contribution in [2.24, 2.45) is 11.8 Å². The van der Waals surface area contributed by atoms with E-state index in [2.05, 4.69) is 0 Å². The van der Waals surface area contributed by atoms with Crippen LogP contribution in [-0.2, 0) is 38.1 Å². The zero-order chi connectivity index (χ0) is 26.7. The van der Waals surface area contributed by atoms with Gasteiger partial charge in [-0.1, -0.05) is 30.3 Å². The van der Waals surface area contributed by atoms with Crippen LogP contribution in [0.3, 0.4) is 0 Å². The highest BCUT2D eigenvalue weighted by atomic mass is 16.8. The van der Waals surface area contributed by atoms with Gasteiger partial charge in [-0.25, -0.2) is 9.59 Å². The van der Waals surface area contributed by atoms with Gasteiger partial charge in [-0.15, -0.1) is 0 Å². The summed E-state index contributed by atoms with van der Waals surface area (Å²) in [7, 11) is 0. The molecule has 37 heavy (non-hydrogen) atoms. The summed E-state index contributed by atoms with van der Waals surface area (Å²) in [4.78, 5) is 35.7. The van der Waals surface area contributed by atoms with E-state index in [0.29, 0.717) is 0 Å². The lowest BCUT2D eigenvalue weighted by molar-refractivity contribution is -0.346. The van der Waals surface area contributed by atoms with Gasteiger partial charge in [0.2, 0.25) is 6.29 Å². The van der Waals surface area contributed by atoms with Gasteiger partial charge in [0.05, 0.1) is 24.2 Å². The number of fused-ring (bicyclic) bond motifs is 1. The molecule has 0 bridgehead atoms. The normalized spacial score (nSPS) is 35.6. The number of carbonyl (C=O) groups excluding carboxylic acids is 2. The van der Waals surface area contributed by atoms with Gasteiger partial charge in [-0.05, 0) is 18.6 Å². The molecule has 0 saturated carbocycles. The van der Waals surface area contributed by atoms with Gasteiger partial charge in [0.1, 0.15) is 37.1 Å². The summed E-state index contributed by atoms with van der Waals surface area (Å²) >= 11 is 0. The Labute approximate surface area is 211 Å². The fourth-order valence-corrected chi connectivity index (χ4v) is 4.59. The molecule has 2 fully saturated rings. The molecule has 9 atom stereocenters. The molecule has 0 radical (unpaired) electrons. The maximum absolute atomic E-state index is 12.1. The summed E-state index contributed by atoms with van der Waals surface area (Å²) in [6.07, 6.45) is -6.34. The number of carboxylic acids is 1. The minimum Gasteiger partial charge on any atom is -0.478 e. The zero-order valence-corrected chi connectivity index (χ0v) is 19.8. The average molecular weight is 520 g/mol. The number of rotatable bonds is 7. The molecule has 3 aliphatic rings. The van der Waals surface area contributed by atoms with E-state index in [4.69, 9.17) is 23.7 Å². The molecule has 2 unspecified atom stereocenters. The number of aliphatic hydroxyl groups excluding tert-OH is 3. The van der Waals surface area contributed by atoms with Gasteiger partial charge in [0, 0.05) is 12.0 Å². The number of cyclic esters (lactones) is 1. The maximum atomic E-state index is 12.1. The first kappa shape index (κ1) is 26.8. The van der Waals surface area contributed by atoms with Crippen LogP contribution in [0, 0.1) is 11.8 Å². The van der Waals surface area contributed by atoms with Crippen LogP contribution < -0.4 is 0 Å². The van der Waals surface area contributed by atoms with E-state index in [-0.39, 0.29) is 12.0 Å². The third kappa shape index (κ3) is 6.00. The fraction of sp³-hybridized carbons (Fsp3) is 0.480. The predicted molar refractivity (Wildman–Crippen MR) is 122 cm³/mol. The molecule has 0 spiro atoms. The summed E-state index contributed by atoms with van der Waals surface area (Å²) in [6, 6.07) is 9.02. The first-order chi connectivity index (χ1) is 17.7. The Bertz CT molecular complexity index is 1050. The minimum absolute atomic E-state index is 0.123. The highest BCUT2D eigenvalue weighted by Gasteiger charge is 2.52. The summed E-state index contributed by atoms with van der Waals surface area (Å²) in [6.45, 7) is 1.10. The van der Waals surface area contributed by atoms with Crippen molar-refractivity contribution in [1.29, 1.82) is 0 Å². The summed E-state index contributed by atoms with van der Waals surface area (Å²) < 4.78 is 27.2. The van der Waals surface area contributed by atoms with E-state index in [1.54, 1.807) is 37.3 Å². The molecule has 4 rings (SSSR count). The smallest absolute Gasteiger partial charge is 0.335 e. The van der Waals surface area contributed by atoms with Crippen molar-refractivity contribution in [1.82, 2.24) is 0 Å². The van der Waals surface area contributed by atoms with Gasteiger partial charge in [-0.3, -0.25) is 4.79 Å². The summed E-state index contributed by atoms with van der Waals surface area (Å²) in [5.41, 5.74) is 0.649. The second kappa shape index (κ2) is 11.4. The van der Waals surface area contributed by atoms with E-state index in [1.807, 2.05) is 6.07 Å². The molecular formula is C25H28O12. The first-order valence-electron chi connectivity index (χ1n) is 11.7. The highest BCUT2D eigenvalue weighted by molar-refractivity contribution is 5.88. The predicted octanol–water partition coefficient (Wildman–Crippen LogP) is -0.0402. The van der Waals surface area contributed by atoms with Crippen molar-refractivity contribution in [2.45, 2.75) is 56.4 Å². The standard InChI is InChI=1S/C25H28O12/c1-12-19-14(9-18(27)35-12)15(23(31)32)10-34-24(19)37-25-22(30)21(29)20(28)16(36-25)11-33-17(26)8-7-13-5-3-2-4-6-13/h2-8,10,12,14,16,19-22,24-25,28-30H,9,11H2,1H3,(H,31,32)/b8-7+/t12-,14?,16-,19?,20-,21+,22-,24+,25+/m1/s1. The number of benzene rings is 1. The Morgan fingerprint density at radius 3 is 2.51 bits per heavy atom. The van der Waals surface area contributed by atoms with E-state index < -0.39 is 79.5 Å². The number of ether oxygens (including phenoxy) is 5. The highest BCUT2D eigenvalue weighted by Crippen LogP contribution is 2.41. The molecule has 12 nitrogen and oxygen atoms in total. The van der Waals surface area contributed by atoms with Crippen molar-refractivity contribution < 1.29 is 58.5 Å². The Hall–Kier alpha value is -3.29. The molecule has 0 aromatic heterocycles. The number of hydrogen-bond donors (Lipinski definition) is 4. The van der Waals surface area contributed by atoms with E-state index >= 15 is 0 Å². The molecule has 12 heteroatoms. The van der Waals surface area contributed by atoms with Crippen LogP contribution in [0.1, 0.15) is 18.9 Å².